The highest BCUT2D eigenvalue weighted by atomic mass is 16.5. The van der Waals surface area contributed by atoms with Crippen LogP contribution in [0.2, 0.25) is 0 Å². The van der Waals surface area contributed by atoms with Gasteiger partial charge in [0.15, 0.2) is 0 Å². The molecule has 2 atom stereocenters. The molecule has 2 rings (SSSR count). The fourth-order valence-electron chi connectivity index (χ4n) is 2.48. The van der Waals surface area contributed by atoms with Crippen molar-refractivity contribution < 1.29 is 4.74 Å². The molecule has 0 radical (unpaired) electrons. The summed E-state index contributed by atoms with van der Waals surface area (Å²) in [6.45, 7) is 6.44. The molecule has 2 heteroatoms. The topological polar surface area (TPSA) is 21.3 Å². The number of benzene rings is 2. The third-order valence-corrected chi connectivity index (χ3v) is 3.66. The molecule has 0 amide bonds. The second-order valence-corrected chi connectivity index (χ2v) is 5.27. The van der Waals surface area contributed by atoms with Crippen LogP contribution < -0.4 is 10.1 Å². The molecule has 0 saturated heterocycles. The number of ether oxygens (including phenoxy) is 1. The van der Waals surface area contributed by atoms with E-state index in [0.29, 0.717) is 6.04 Å². The van der Waals surface area contributed by atoms with E-state index in [1.807, 2.05) is 6.07 Å². The zero-order valence-electron chi connectivity index (χ0n) is 12.7. The fourth-order valence-corrected chi connectivity index (χ4v) is 2.48. The molecule has 2 nitrogen and oxygen atoms in total. The van der Waals surface area contributed by atoms with Gasteiger partial charge in [0.05, 0.1) is 7.11 Å². The summed E-state index contributed by atoms with van der Waals surface area (Å²) in [6.07, 6.45) is 0. The lowest BCUT2D eigenvalue weighted by molar-refractivity contribution is 0.396. The van der Waals surface area contributed by atoms with E-state index in [4.69, 9.17) is 4.74 Å². The van der Waals surface area contributed by atoms with Gasteiger partial charge in [-0.2, -0.15) is 0 Å². The van der Waals surface area contributed by atoms with Gasteiger partial charge in [-0.25, -0.2) is 0 Å². The van der Waals surface area contributed by atoms with E-state index in [1.54, 1.807) is 7.11 Å². The highest BCUT2D eigenvalue weighted by Crippen LogP contribution is 2.28. The largest absolute Gasteiger partial charge is 0.496 e. The molecule has 2 aromatic carbocycles. The van der Waals surface area contributed by atoms with Gasteiger partial charge < -0.3 is 10.1 Å². The summed E-state index contributed by atoms with van der Waals surface area (Å²) in [6, 6.07) is 17.4. The fraction of sp³-hybridized carbons (Fsp3) is 0.333. The molecular formula is C18H23NO. The molecule has 1 unspecified atom stereocenters. The molecule has 1 N–H and O–H groups in total. The van der Waals surface area contributed by atoms with Crippen molar-refractivity contribution in [2.24, 2.45) is 0 Å². The monoisotopic (exact) mass is 269 g/mol. The molecule has 0 aliphatic heterocycles. The van der Waals surface area contributed by atoms with Crippen LogP contribution in [0.1, 0.15) is 42.6 Å². The van der Waals surface area contributed by atoms with Crippen molar-refractivity contribution in [1.29, 1.82) is 0 Å². The second-order valence-electron chi connectivity index (χ2n) is 5.27. The predicted molar refractivity (Wildman–Crippen MR) is 84.1 cm³/mol. The van der Waals surface area contributed by atoms with E-state index in [0.717, 1.165) is 5.75 Å². The summed E-state index contributed by atoms with van der Waals surface area (Å²) in [5.74, 6) is 0.949. The molecule has 0 bridgehead atoms. The smallest absolute Gasteiger partial charge is 0.123 e. The van der Waals surface area contributed by atoms with Crippen LogP contribution in [0.15, 0.2) is 48.5 Å². The third-order valence-electron chi connectivity index (χ3n) is 3.66. The Hall–Kier alpha value is -1.80. The minimum atomic E-state index is 0.237. The normalized spacial score (nSPS) is 13.8. The Morgan fingerprint density at radius 2 is 1.65 bits per heavy atom. The van der Waals surface area contributed by atoms with Crippen molar-refractivity contribution >= 4 is 0 Å². The maximum absolute atomic E-state index is 5.49. The average molecular weight is 269 g/mol. The number of nitrogens with one attached hydrogen (secondary N) is 1. The molecule has 0 aromatic heterocycles. The van der Waals surface area contributed by atoms with E-state index < -0.39 is 0 Å². The van der Waals surface area contributed by atoms with Crippen LogP contribution in [0.4, 0.5) is 0 Å². The average Bonchev–Trinajstić information content (AvgIpc) is 2.47. The lowest BCUT2D eigenvalue weighted by atomic mass is 10.0. The first kappa shape index (κ1) is 14.6. The van der Waals surface area contributed by atoms with Crippen molar-refractivity contribution in [3.8, 4) is 5.75 Å². The van der Waals surface area contributed by atoms with Gasteiger partial charge in [-0.05, 0) is 38.0 Å². The number of hydrogen-bond acceptors (Lipinski definition) is 2. The summed E-state index contributed by atoms with van der Waals surface area (Å²) in [7, 11) is 1.73. The van der Waals surface area contributed by atoms with Gasteiger partial charge in [0.1, 0.15) is 5.75 Å². The lowest BCUT2D eigenvalue weighted by Gasteiger charge is -2.22. The minimum Gasteiger partial charge on any atom is -0.496 e. The number of rotatable bonds is 5. The molecule has 2 aromatic rings. The van der Waals surface area contributed by atoms with E-state index in [-0.39, 0.29) is 6.04 Å². The number of aryl methyl sites for hydroxylation is 1. The Labute approximate surface area is 121 Å². The number of hydrogen-bond donors (Lipinski definition) is 1. The maximum atomic E-state index is 5.49. The molecule has 20 heavy (non-hydrogen) atoms. The molecule has 0 saturated carbocycles. The van der Waals surface area contributed by atoms with Crippen molar-refractivity contribution in [2.45, 2.75) is 32.9 Å². The van der Waals surface area contributed by atoms with E-state index in [9.17, 15) is 0 Å². The molecule has 0 aliphatic rings. The van der Waals surface area contributed by atoms with Crippen molar-refractivity contribution in [3.05, 3.63) is 65.2 Å². The summed E-state index contributed by atoms with van der Waals surface area (Å²) < 4.78 is 5.49. The molecule has 0 fully saturated rings. The van der Waals surface area contributed by atoms with E-state index in [1.165, 1.54) is 16.7 Å². The third kappa shape index (κ3) is 3.40. The zero-order valence-corrected chi connectivity index (χ0v) is 12.7. The van der Waals surface area contributed by atoms with Crippen LogP contribution in [0.5, 0.6) is 5.75 Å². The molecule has 106 valence electrons. The Balaban J connectivity index is 2.14. The van der Waals surface area contributed by atoms with Gasteiger partial charge in [-0.3, -0.25) is 0 Å². The van der Waals surface area contributed by atoms with Crippen molar-refractivity contribution in [3.63, 3.8) is 0 Å². The Kier molecular flexibility index (Phi) is 4.80. The van der Waals surface area contributed by atoms with E-state index >= 15 is 0 Å². The molecular weight excluding hydrogens is 246 g/mol. The van der Waals surface area contributed by atoms with Gasteiger partial charge in [0.25, 0.3) is 0 Å². The van der Waals surface area contributed by atoms with E-state index in [2.05, 4.69) is 68.6 Å². The summed E-state index contributed by atoms with van der Waals surface area (Å²) in [5, 5.41) is 3.63. The minimum absolute atomic E-state index is 0.237. The molecule has 0 heterocycles. The van der Waals surface area contributed by atoms with Gasteiger partial charge in [-0.1, -0.05) is 42.5 Å². The maximum Gasteiger partial charge on any atom is 0.123 e. The summed E-state index contributed by atoms with van der Waals surface area (Å²) in [4.78, 5) is 0. The van der Waals surface area contributed by atoms with Crippen LogP contribution in [0.25, 0.3) is 0 Å². The first-order chi connectivity index (χ1) is 9.61. The Bertz CT molecular complexity index is 551. The van der Waals surface area contributed by atoms with Crippen molar-refractivity contribution in [2.75, 3.05) is 7.11 Å². The Morgan fingerprint density at radius 3 is 2.30 bits per heavy atom. The number of methoxy groups -OCH3 is 1. The highest BCUT2D eigenvalue weighted by molar-refractivity contribution is 5.39. The Morgan fingerprint density at radius 1 is 0.950 bits per heavy atom. The van der Waals surface area contributed by atoms with Gasteiger partial charge in [-0.15, -0.1) is 0 Å². The van der Waals surface area contributed by atoms with Crippen LogP contribution in [-0.4, -0.2) is 7.11 Å². The zero-order chi connectivity index (χ0) is 14.5. The lowest BCUT2D eigenvalue weighted by Crippen LogP contribution is -2.22. The quantitative estimate of drug-likeness (QED) is 0.867. The standard InChI is InChI=1S/C18H23NO/c1-13-10-11-17(18(12-13)20-4)15(3)19-14(2)16-8-6-5-7-9-16/h5-12,14-15,19H,1-4H3/t14-,15?/m0/s1. The van der Waals surface area contributed by atoms with Gasteiger partial charge >= 0.3 is 0 Å². The predicted octanol–water partition coefficient (Wildman–Crippen LogP) is 4.42. The summed E-state index contributed by atoms with van der Waals surface area (Å²) in [5.41, 5.74) is 3.71. The van der Waals surface area contributed by atoms with Crippen molar-refractivity contribution in [1.82, 2.24) is 5.32 Å². The molecule has 0 aliphatic carbocycles. The summed E-state index contributed by atoms with van der Waals surface area (Å²) >= 11 is 0. The van der Waals surface area contributed by atoms with Crippen LogP contribution in [0.3, 0.4) is 0 Å². The van der Waals surface area contributed by atoms with Crippen LogP contribution >= 0.6 is 0 Å². The van der Waals surface area contributed by atoms with Crippen LogP contribution in [-0.2, 0) is 0 Å². The van der Waals surface area contributed by atoms with Gasteiger partial charge in [0, 0.05) is 17.6 Å². The first-order valence-electron chi connectivity index (χ1n) is 7.07. The second kappa shape index (κ2) is 6.58. The van der Waals surface area contributed by atoms with Crippen LogP contribution in [0, 0.1) is 6.92 Å². The van der Waals surface area contributed by atoms with Gasteiger partial charge in [0.2, 0.25) is 0 Å². The highest BCUT2D eigenvalue weighted by Gasteiger charge is 2.14. The first-order valence-corrected chi connectivity index (χ1v) is 7.07. The SMILES string of the molecule is COc1cc(C)ccc1C(C)N[C@@H](C)c1ccccc1. The molecule has 0 spiro atoms.